The Kier molecular flexibility index (Phi) is 6.10. The Labute approximate surface area is 210 Å². The van der Waals surface area contributed by atoms with Crippen molar-refractivity contribution in [3.05, 3.63) is 95.7 Å². The lowest BCUT2D eigenvalue weighted by molar-refractivity contribution is -0.117. The zero-order chi connectivity index (χ0) is 25.2. The van der Waals surface area contributed by atoms with Crippen molar-refractivity contribution < 1.29 is 19.5 Å². The van der Waals surface area contributed by atoms with Crippen molar-refractivity contribution >= 4 is 35.1 Å². The number of ketones is 1. The molecule has 3 aromatic carbocycles. The summed E-state index contributed by atoms with van der Waals surface area (Å²) in [6.07, 6.45) is 0. The van der Waals surface area contributed by atoms with Crippen LogP contribution < -0.4 is 5.32 Å². The van der Waals surface area contributed by atoms with Gasteiger partial charge in [0, 0.05) is 27.5 Å². The largest absolute Gasteiger partial charge is 0.478 e. The fourth-order valence-electron chi connectivity index (χ4n) is 4.05. The second-order valence-electron chi connectivity index (χ2n) is 8.01. The highest BCUT2D eigenvalue weighted by Crippen LogP contribution is 2.44. The van der Waals surface area contributed by atoms with Crippen molar-refractivity contribution in [2.75, 3.05) is 5.32 Å². The summed E-state index contributed by atoms with van der Waals surface area (Å²) in [6, 6.07) is 24.4. The van der Waals surface area contributed by atoms with E-state index >= 15 is 0 Å². The summed E-state index contributed by atoms with van der Waals surface area (Å²) < 4.78 is 1.58. The molecule has 0 aliphatic carbocycles. The molecular weight excluding hydrogens is 476 g/mol. The van der Waals surface area contributed by atoms with Crippen LogP contribution in [0.2, 0.25) is 0 Å². The van der Waals surface area contributed by atoms with Gasteiger partial charge in [-0.15, -0.1) is 11.8 Å². The number of rotatable bonds is 6. The van der Waals surface area contributed by atoms with E-state index in [1.54, 1.807) is 47.1 Å². The SMILES string of the molecule is N#CC(C(=O)Nc1ccccc1)C(=O)c1nn(-c2ccccc2)c2c1CSc1ccc(C(=O)O)cc1-2. The number of carboxylic acids is 1. The van der Waals surface area contributed by atoms with E-state index in [0.717, 1.165) is 4.90 Å². The molecule has 1 aromatic heterocycles. The predicted octanol–water partition coefficient (Wildman–Crippen LogP) is 4.80. The third-order valence-electron chi connectivity index (χ3n) is 5.77. The number of benzene rings is 3. The normalized spacial score (nSPS) is 12.5. The number of aromatic carboxylic acids is 1. The number of para-hydroxylation sites is 2. The number of hydrogen-bond acceptors (Lipinski definition) is 6. The van der Waals surface area contributed by atoms with Gasteiger partial charge in [-0.3, -0.25) is 9.59 Å². The van der Waals surface area contributed by atoms with Crippen LogP contribution in [0.4, 0.5) is 5.69 Å². The standard InChI is InChI=1S/C27H18N4O4S/c28-14-20(26(33)29-17-7-3-1-4-8-17)25(32)23-21-15-36-22-12-11-16(27(34)35)13-19(22)24(21)31(30-23)18-9-5-2-6-10-18/h1-13,20H,15H2,(H,29,33)(H,34,35). The monoisotopic (exact) mass is 494 g/mol. The summed E-state index contributed by atoms with van der Waals surface area (Å²) in [5.41, 5.74) is 3.00. The Hall–Kier alpha value is -4.68. The fourth-order valence-corrected chi connectivity index (χ4v) is 5.10. The van der Waals surface area contributed by atoms with Crippen LogP contribution in [0.3, 0.4) is 0 Å². The van der Waals surface area contributed by atoms with Crippen LogP contribution in [0.25, 0.3) is 16.9 Å². The molecule has 4 aromatic rings. The topological polar surface area (TPSA) is 125 Å². The first-order valence-corrected chi connectivity index (χ1v) is 11.9. The molecule has 8 nitrogen and oxygen atoms in total. The number of nitriles is 1. The zero-order valence-corrected chi connectivity index (χ0v) is 19.5. The Bertz CT molecular complexity index is 1540. The van der Waals surface area contributed by atoms with Gasteiger partial charge in [0.05, 0.1) is 23.0 Å². The first-order chi connectivity index (χ1) is 17.5. The summed E-state index contributed by atoms with van der Waals surface area (Å²) in [7, 11) is 0. The van der Waals surface area contributed by atoms with Crippen molar-refractivity contribution in [2.45, 2.75) is 10.6 Å². The summed E-state index contributed by atoms with van der Waals surface area (Å²) in [5.74, 6) is -3.76. The minimum absolute atomic E-state index is 0.0162. The molecule has 1 aliphatic rings. The first kappa shape index (κ1) is 23.1. The van der Waals surface area contributed by atoms with E-state index in [4.69, 9.17) is 0 Å². The van der Waals surface area contributed by atoms with Crippen molar-refractivity contribution in [1.29, 1.82) is 5.26 Å². The molecule has 0 saturated carbocycles. The minimum Gasteiger partial charge on any atom is -0.478 e. The highest BCUT2D eigenvalue weighted by Gasteiger charge is 2.36. The zero-order valence-electron chi connectivity index (χ0n) is 18.7. The number of nitrogens with one attached hydrogen (secondary N) is 1. The van der Waals surface area contributed by atoms with E-state index in [2.05, 4.69) is 10.4 Å². The van der Waals surface area contributed by atoms with Gasteiger partial charge in [-0.25, -0.2) is 9.48 Å². The van der Waals surface area contributed by atoms with Gasteiger partial charge < -0.3 is 10.4 Å². The third-order valence-corrected chi connectivity index (χ3v) is 6.87. The molecule has 0 fully saturated rings. The maximum Gasteiger partial charge on any atom is 0.335 e. The van der Waals surface area contributed by atoms with Gasteiger partial charge in [-0.05, 0) is 42.5 Å². The summed E-state index contributed by atoms with van der Waals surface area (Å²) >= 11 is 1.44. The Balaban J connectivity index is 1.62. The maximum atomic E-state index is 13.5. The number of fused-ring (bicyclic) bond motifs is 3. The van der Waals surface area contributed by atoms with E-state index in [9.17, 15) is 24.8 Å². The molecule has 1 unspecified atom stereocenters. The highest BCUT2D eigenvalue weighted by molar-refractivity contribution is 7.98. The number of nitrogens with zero attached hydrogens (tertiary/aromatic N) is 3. The van der Waals surface area contributed by atoms with Crippen molar-refractivity contribution in [3.8, 4) is 23.0 Å². The first-order valence-electron chi connectivity index (χ1n) is 11.0. The molecule has 0 radical (unpaired) electrons. The quantitative estimate of drug-likeness (QED) is 0.291. The fraction of sp³-hybridized carbons (Fsp3) is 0.0741. The van der Waals surface area contributed by atoms with E-state index in [1.807, 2.05) is 36.4 Å². The molecule has 176 valence electrons. The number of amides is 1. The summed E-state index contributed by atoms with van der Waals surface area (Å²) in [6.45, 7) is 0. The average molecular weight is 495 g/mol. The molecule has 2 heterocycles. The molecule has 1 amide bonds. The lowest BCUT2D eigenvalue weighted by atomic mass is 9.96. The Morgan fingerprint density at radius 3 is 2.39 bits per heavy atom. The van der Waals surface area contributed by atoms with Gasteiger partial charge in [0.15, 0.2) is 5.92 Å². The Morgan fingerprint density at radius 2 is 1.72 bits per heavy atom. The maximum absolute atomic E-state index is 13.5. The molecule has 1 atom stereocenters. The molecule has 5 rings (SSSR count). The molecule has 0 saturated heterocycles. The number of aromatic nitrogens is 2. The lowest BCUT2D eigenvalue weighted by Gasteiger charge is -2.19. The number of hydrogen-bond donors (Lipinski definition) is 2. The van der Waals surface area contributed by atoms with Crippen LogP contribution in [0, 0.1) is 17.2 Å². The average Bonchev–Trinajstić information content (AvgIpc) is 3.30. The number of carboxylic acid groups (broad SMARTS) is 1. The molecule has 0 bridgehead atoms. The number of Topliss-reactive ketones (excluding diaryl/α,β-unsaturated/α-hetero) is 1. The van der Waals surface area contributed by atoms with E-state index in [1.165, 1.54) is 17.8 Å². The molecule has 9 heteroatoms. The van der Waals surface area contributed by atoms with Crippen molar-refractivity contribution in [1.82, 2.24) is 9.78 Å². The van der Waals surface area contributed by atoms with Gasteiger partial charge in [-0.1, -0.05) is 36.4 Å². The smallest absolute Gasteiger partial charge is 0.335 e. The van der Waals surface area contributed by atoms with Crippen LogP contribution in [-0.4, -0.2) is 32.5 Å². The molecule has 2 N–H and O–H groups in total. The molecule has 1 aliphatic heterocycles. The number of thioether (sulfide) groups is 1. The minimum atomic E-state index is -1.61. The van der Waals surface area contributed by atoms with Crippen LogP contribution in [0.15, 0.2) is 83.8 Å². The van der Waals surface area contributed by atoms with Crippen LogP contribution in [0.1, 0.15) is 26.4 Å². The van der Waals surface area contributed by atoms with E-state index in [-0.39, 0.29) is 11.3 Å². The van der Waals surface area contributed by atoms with Gasteiger partial charge in [-0.2, -0.15) is 10.4 Å². The summed E-state index contributed by atoms with van der Waals surface area (Å²) in [4.78, 5) is 38.9. The van der Waals surface area contributed by atoms with Crippen molar-refractivity contribution in [2.24, 2.45) is 5.92 Å². The van der Waals surface area contributed by atoms with Crippen LogP contribution >= 0.6 is 11.8 Å². The van der Waals surface area contributed by atoms with E-state index < -0.39 is 23.6 Å². The Morgan fingerprint density at radius 1 is 1.03 bits per heavy atom. The lowest BCUT2D eigenvalue weighted by Crippen LogP contribution is -2.29. The highest BCUT2D eigenvalue weighted by atomic mass is 32.2. The number of carbonyl (C=O) groups excluding carboxylic acids is 2. The van der Waals surface area contributed by atoms with Gasteiger partial charge in [0.25, 0.3) is 0 Å². The molecule has 36 heavy (non-hydrogen) atoms. The number of anilines is 1. The van der Waals surface area contributed by atoms with E-state index in [0.29, 0.717) is 33.9 Å². The van der Waals surface area contributed by atoms with Crippen LogP contribution in [-0.2, 0) is 10.5 Å². The second kappa shape index (κ2) is 9.52. The third kappa shape index (κ3) is 4.15. The number of carbonyl (C=O) groups is 3. The summed E-state index contributed by atoms with van der Waals surface area (Å²) in [5, 5.41) is 26.5. The molecular formula is C27H18N4O4S. The molecule has 0 spiro atoms. The van der Waals surface area contributed by atoms with Gasteiger partial charge in [0.2, 0.25) is 11.7 Å². The van der Waals surface area contributed by atoms with Crippen LogP contribution in [0.5, 0.6) is 0 Å². The predicted molar refractivity (Wildman–Crippen MR) is 134 cm³/mol. The second-order valence-corrected chi connectivity index (χ2v) is 9.03. The van der Waals surface area contributed by atoms with Crippen molar-refractivity contribution in [3.63, 3.8) is 0 Å². The van der Waals surface area contributed by atoms with Gasteiger partial charge >= 0.3 is 5.97 Å². The van der Waals surface area contributed by atoms with Gasteiger partial charge in [0.1, 0.15) is 5.69 Å².